The van der Waals surface area contributed by atoms with E-state index < -0.39 is 0 Å². The van der Waals surface area contributed by atoms with E-state index in [1.54, 1.807) is 11.3 Å². The molecule has 0 atom stereocenters. The molecule has 0 aliphatic carbocycles. The summed E-state index contributed by atoms with van der Waals surface area (Å²) in [6, 6.07) is 13.0. The van der Waals surface area contributed by atoms with Gasteiger partial charge in [0.2, 0.25) is 0 Å². The van der Waals surface area contributed by atoms with Gasteiger partial charge < -0.3 is 10.2 Å². The van der Waals surface area contributed by atoms with Gasteiger partial charge in [0.05, 0.1) is 10.7 Å². The van der Waals surface area contributed by atoms with Gasteiger partial charge in [-0.2, -0.15) is 0 Å². The Labute approximate surface area is 145 Å². The lowest BCUT2D eigenvalue weighted by Crippen LogP contribution is -2.17. The highest BCUT2D eigenvalue weighted by atomic mass is 35.5. The number of rotatable bonds is 2. The van der Waals surface area contributed by atoms with Crippen molar-refractivity contribution in [1.82, 2.24) is 5.32 Å². The summed E-state index contributed by atoms with van der Waals surface area (Å²) in [7, 11) is 2.12. The number of hydrogen-bond donors (Lipinski definition) is 1. The molecule has 0 amide bonds. The molecule has 0 fully saturated rings. The van der Waals surface area contributed by atoms with E-state index in [0.29, 0.717) is 0 Å². The zero-order chi connectivity index (χ0) is 15.8. The lowest BCUT2D eigenvalue weighted by Gasteiger charge is -2.25. The molecule has 2 nitrogen and oxygen atoms in total. The van der Waals surface area contributed by atoms with Gasteiger partial charge in [-0.05, 0) is 72.1 Å². The third-order valence-electron chi connectivity index (χ3n) is 4.62. The predicted octanol–water partition coefficient (Wildman–Crippen LogP) is 5.01. The van der Waals surface area contributed by atoms with Crippen LogP contribution in [0.5, 0.6) is 0 Å². The number of hydrogen-bond acceptors (Lipinski definition) is 3. The lowest BCUT2D eigenvalue weighted by molar-refractivity contribution is 0.711. The van der Waals surface area contributed by atoms with Crippen molar-refractivity contribution in [2.45, 2.75) is 12.8 Å². The quantitative estimate of drug-likeness (QED) is 0.704. The van der Waals surface area contributed by atoms with Gasteiger partial charge in [-0.15, -0.1) is 11.3 Å². The van der Waals surface area contributed by atoms with Crippen molar-refractivity contribution in [3.63, 3.8) is 0 Å². The zero-order valence-electron chi connectivity index (χ0n) is 13.1. The Morgan fingerprint density at radius 2 is 1.96 bits per heavy atom. The SMILES string of the molecule is CN(c1ccc2ccsc2c1)c1c(Cl)ccc2c1CCNCC2. The summed E-state index contributed by atoms with van der Waals surface area (Å²) in [5.74, 6) is 0. The van der Waals surface area contributed by atoms with Crippen LogP contribution >= 0.6 is 22.9 Å². The number of benzene rings is 2. The van der Waals surface area contributed by atoms with Crippen LogP contribution in [0.25, 0.3) is 10.1 Å². The van der Waals surface area contributed by atoms with Crippen molar-refractivity contribution < 1.29 is 0 Å². The Morgan fingerprint density at radius 3 is 2.87 bits per heavy atom. The third-order valence-corrected chi connectivity index (χ3v) is 5.80. The first-order valence-corrected chi connectivity index (χ1v) is 9.22. The van der Waals surface area contributed by atoms with E-state index in [9.17, 15) is 0 Å². The minimum absolute atomic E-state index is 0.833. The van der Waals surface area contributed by atoms with Gasteiger partial charge in [-0.3, -0.25) is 0 Å². The van der Waals surface area contributed by atoms with E-state index in [1.165, 1.54) is 26.9 Å². The molecule has 1 aromatic heterocycles. The Bertz CT molecular complexity index is 856. The molecule has 0 bridgehead atoms. The van der Waals surface area contributed by atoms with E-state index in [2.05, 4.69) is 53.0 Å². The smallest absolute Gasteiger partial charge is 0.0646 e. The van der Waals surface area contributed by atoms with Gasteiger partial charge in [0, 0.05) is 17.4 Å². The highest BCUT2D eigenvalue weighted by Crippen LogP contribution is 2.38. The summed E-state index contributed by atoms with van der Waals surface area (Å²) >= 11 is 8.38. The highest BCUT2D eigenvalue weighted by molar-refractivity contribution is 7.17. The molecule has 1 aliphatic heterocycles. The minimum atomic E-state index is 0.833. The second-order valence-corrected chi connectivity index (χ2v) is 7.34. The molecule has 2 heterocycles. The van der Waals surface area contributed by atoms with E-state index >= 15 is 0 Å². The van der Waals surface area contributed by atoms with Crippen molar-refractivity contribution in [3.05, 3.63) is 57.9 Å². The maximum absolute atomic E-state index is 6.60. The summed E-state index contributed by atoms with van der Waals surface area (Å²) in [5, 5.41) is 7.75. The Hall–Kier alpha value is -1.55. The van der Waals surface area contributed by atoms with Gasteiger partial charge in [0.25, 0.3) is 0 Å². The molecule has 1 aliphatic rings. The van der Waals surface area contributed by atoms with Gasteiger partial charge in [0.15, 0.2) is 0 Å². The zero-order valence-corrected chi connectivity index (χ0v) is 14.7. The van der Waals surface area contributed by atoms with Crippen LogP contribution in [0.2, 0.25) is 5.02 Å². The normalized spacial score (nSPS) is 14.5. The average molecular weight is 343 g/mol. The van der Waals surface area contributed by atoms with Crippen LogP contribution in [0.4, 0.5) is 11.4 Å². The topological polar surface area (TPSA) is 15.3 Å². The largest absolute Gasteiger partial charge is 0.343 e. The fourth-order valence-corrected chi connectivity index (χ4v) is 4.49. The first kappa shape index (κ1) is 15.0. The van der Waals surface area contributed by atoms with Crippen LogP contribution in [0.3, 0.4) is 0 Å². The molecular weight excluding hydrogens is 324 g/mol. The molecule has 118 valence electrons. The third kappa shape index (κ3) is 2.74. The number of anilines is 2. The van der Waals surface area contributed by atoms with Crippen LogP contribution < -0.4 is 10.2 Å². The monoisotopic (exact) mass is 342 g/mol. The van der Waals surface area contributed by atoms with E-state index in [4.69, 9.17) is 11.6 Å². The van der Waals surface area contributed by atoms with Crippen molar-refractivity contribution >= 4 is 44.4 Å². The fraction of sp³-hybridized carbons (Fsp3) is 0.263. The summed E-state index contributed by atoms with van der Waals surface area (Å²) in [6.45, 7) is 2.05. The van der Waals surface area contributed by atoms with E-state index in [0.717, 1.165) is 36.6 Å². The lowest BCUT2D eigenvalue weighted by atomic mass is 10.00. The Kier molecular flexibility index (Phi) is 4.02. The summed E-state index contributed by atoms with van der Waals surface area (Å²) < 4.78 is 1.31. The van der Waals surface area contributed by atoms with Crippen molar-refractivity contribution in [3.8, 4) is 0 Å². The summed E-state index contributed by atoms with van der Waals surface area (Å²) in [6.07, 6.45) is 2.09. The first-order chi connectivity index (χ1) is 11.2. The fourth-order valence-electron chi connectivity index (χ4n) is 3.37. The minimum Gasteiger partial charge on any atom is -0.343 e. The van der Waals surface area contributed by atoms with E-state index in [1.807, 2.05) is 6.07 Å². The van der Waals surface area contributed by atoms with Gasteiger partial charge in [-0.25, -0.2) is 0 Å². The molecule has 4 heteroatoms. The number of thiophene rings is 1. The molecule has 4 rings (SSSR count). The summed E-state index contributed by atoms with van der Waals surface area (Å²) in [5.41, 5.74) is 5.14. The molecule has 23 heavy (non-hydrogen) atoms. The Balaban J connectivity index is 1.82. The number of nitrogens with zero attached hydrogens (tertiary/aromatic N) is 1. The number of fused-ring (bicyclic) bond motifs is 2. The van der Waals surface area contributed by atoms with Crippen molar-refractivity contribution in [1.29, 1.82) is 0 Å². The van der Waals surface area contributed by atoms with Crippen molar-refractivity contribution in [2.24, 2.45) is 0 Å². The number of nitrogens with one attached hydrogen (secondary N) is 1. The first-order valence-electron chi connectivity index (χ1n) is 7.96. The second-order valence-electron chi connectivity index (χ2n) is 5.99. The van der Waals surface area contributed by atoms with Crippen LogP contribution in [-0.2, 0) is 12.8 Å². The molecule has 3 aromatic rings. The molecule has 0 saturated carbocycles. The van der Waals surface area contributed by atoms with Crippen LogP contribution in [-0.4, -0.2) is 20.1 Å². The molecule has 0 unspecified atom stereocenters. The van der Waals surface area contributed by atoms with Crippen LogP contribution in [0, 0.1) is 0 Å². The maximum atomic E-state index is 6.60. The van der Waals surface area contributed by atoms with Gasteiger partial charge >= 0.3 is 0 Å². The average Bonchev–Trinajstić information content (AvgIpc) is 2.90. The Morgan fingerprint density at radius 1 is 1.09 bits per heavy atom. The molecule has 1 N–H and O–H groups in total. The number of halogens is 1. The molecule has 0 saturated heterocycles. The molecule has 2 aromatic carbocycles. The van der Waals surface area contributed by atoms with E-state index in [-0.39, 0.29) is 0 Å². The standard InChI is InChI=1S/C19H19ClN2S/c1-22(15-4-2-14-8-11-23-18(14)12-15)19-16-7-10-21-9-6-13(16)3-5-17(19)20/h2-5,8,11-12,21H,6-7,9-10H2,1H3. The predicted molar refractivity (Wildman–Crippen MR) is 102 cm³/mol. The molecule has 0 spiro atoms. The highest BCUT2D eigenvalue weighted by Gasteiger charge is 2.18. The van der Waals surface area contributed by atoms with Crippen LogP contribution in [0.1, 0.15) is 11.1 Å². The summed E-state index contributed by atoms with van der Waals surface area (Å²) in [4.78, 5) is 2.24. The van der Waals surface area contributed by atoms with Gasteiger partial charge in [0.1, 0.15) is 0 Å². The molecule has 0 radical (unpaired) electrons. The van der Waals surface area contributed by atoms with Crippen molar-refractivity contribution in [2.75, 3.05) is 25.0 Å². The molecular formula is C19H19ClN2S. The van der Waals surface area contributed by atoms with Gasteiger partial charge in [-0.1, -0.05) is 23.7 Å². The van der Waals surface area contributed by atoms with Crippen LogP contribution in [0.15, 0.2) is 41.8 Å². The maximum Gasteiger partial charge on any atom is 0.0646 e. The second kappa shape index (κ2) is 6.16.